The van der Waals surface area contributed by atoms with E-state index < -0.39 is 11.7 Å². The van der Waals surface area contributed by atoms with E-state index in [0.29, 0.717) is 14.9 Å². The van der Waals surface area contributed by atoms with Crippen molar-refractivity contribution in [2.45, 2.75) is 0 Å². The van der Waals surface area contributed by atoms with E-state index in [4.69, 9.17) is 17.3 Å². The number of thiazole rings is 1. The first-order valence-electron chi connectivity index (χ1n) is 6.36. The lowest BCUT2D eigenvalue weighted by molar-refractivity contribution is 0.100. The average molecular weight is 333 g/mol. The topological polar surface area (TPSA) is 56.0 Å². The molecule has 3 rings (SSSR count). The van der Waals surface area contributed by atoms with Crippen LogP contribution in [0.1, 0.15) is 10.4 Å². The second-order valence-electron chi connectivity index (χ2n) is 4.56. The molecule has 0 aliphatic carbocycles. The van der Waals surface area contributed by atoms with Crippen LogP contribution in [0.2, 0.25) is 5.02 Å². The molecule has 0 saturated carbocycles. The van der Waals surface area contributed by atoms with Gasteiger partial charge in [0, 0.05) is 22.3 Å². The molecule has 2 aromatic carbocycles. The normalized spacial score (nSPS) is 10.6. The van der Waals surface area contributed by atoms with Gasteiger partial charge in [-0.25, -0.2) is 9.37 Å². The lowest BCUT2D eigenvalue weighted by Gasteiger charge is -2.05. The highest BCUT2D eigenvalue weighted by Gasteiger charge is 2.17. The standard InChI is InChI=1S/C16H10ClFN2OS/c17-10-6-4-9(5-7-10)16-20-8-13(22-16)14-11(15(19)21)2-1-3-12(14)18/h1-8H,(H2,19,21). The van der Waals surface area contributed by atoms with Gasteiger partial charge in [0.1, 0.15) is 10.8 Å². The fraction of sp³-hybridized carbons (Fsp3) is 0. The van der Waals surface area contributed by atoms with Crippen LogP contribution in [0, 0.1) is 5.82 Å². The third kappa shape index (κ3) is 2.73. The zero-order chi connectivity index (χ0) is 15.7. The van der Waals surface area contributed by atoms with Crippen molar-refractivity contribution in [3.63, 3.8) is 0 Å². The number of carbonyl (C=O) groups is 1. The number of nitrogens with zero attached hydrogens (tertiary/aromatic N) is 1. The minimum Gasteiger partial charge on any atom is -0.366 e. The molecule has 1 aromatic heterocycles. The fourth-order valence-corrected chi connectivity index (χ4v) is 3.20. The van der Waals surface area contributed by atoms with E-state index in [1.165, 1.54) is 29.5 Å². The molecule has 0 aliphatic rings. The van der Waals surface area contributed by atoms with Crippen LogP contribution in [-0.2, 0) is 0 Å². The van der Waals surface area contributed by atoms with Gasteiger partial charge in [0.05, 0.1) is 10.4 Å². The number of carbonyl (C=O) groups excluding carboxylic acids is 1. The molecule has 3 aromatic rings. The highest BCUT2D eigenvalue weighted by Crippen LogP contribution is 2.35. The number of halogens is 2. The molecule has 0 radical (unpaired) electrons. The number of primary amides is 1. The molecule has 0 bridgehead atoms. The zero-order valence-corrected chi connectivity index (χ0v) is 12.8. The van der Waals surface area contributed by atoms with Crippen molar-refractivity contribution in [1.82, 2.24) is 4.98 Å². The highest BCUT2D eigenvalue weighted by atomic mass is 35.5. The Bertz CT molecular complexity index is 846. The van der Waals surface area contributed by atoms with E-state index in [2.05, 4.69) is 4.98 Å². The number of aromatic nitrogens is 1. The fourth-order valence-electron chi connectivity index (χ4n) is 2.10. The largest absolute Gasteiger partial charge is 0.366 e. The van der Waals surface area contributed by atoms with E-state index in [1.807, 2.05) is 12.1 Å². The molecule has 6 heteroatoms. The number of hydrogen-bond donors (Lipinski definition) is 1. The van der Waals surface area contributed by atoms with Gasteiger partial charge in [-0.15, -0.1) is 11.3 Å². The Labute approximate surface area is 135 Å². The van der Waals surface area contributed by atoms with Crippen LogP contribution in [0.25, 0.3) is 21.0 Å². The van der Waals surface area contributed by atoms with Crippen LogP contribution in [-0.4, -0.2) is 10.9 Å². The van der Waals surface area contributed by atoms with Gasteiger partial charge in [-0.1, -0.05) is 29.8 Å². The summed E-state index contributed by atoms with van der Waals surface area (Å²) in [5.41, 5.74) is 6.52. The third-order valence-electron chi connectivity index (χ3n) is 3.12. The second kappa shape index (κ2) is 5.87. The van der Waals surface area contributed by atoms with Gasteiger partial charge in [-0.2, -0.15) is 0 Å². The van der Waals surface area contributed by atoms with E-state index >= 15 is 0 Å². The molecule has 0 fully saturated rings. The lowest BCUT2D eigenvalue weighted by Crippen LogP contribution is -2.12. The molecule has 0 atom stereocenters. The van der Waals surface area contributed by atoms with Gasteiger partial charge in [-0.05, 0) is 24.3 Å². The minimum atomic E-state index is -0.670. The first-order chi connectivity index (χ1) is 10.6. The Balaban J connectivity index is 2.08. The average Bonchev–Trinajstić information content (AvgIpc) is 2.97. The summed E-state index contributed by atoms with van der Waals surface area (Å²) in [5.74, 6) is -1.17. The van der Waals surface area contributed by atoms with Gasteiger partial charge < -0.3 is 5.73 Å². The summed E-state index contributed by atoms with van der Waals surface area (Å²) < 4.78 is 14.1. The van der Waals surface area contributed by atoms with Gasteiger partial charge in [0.2, 0.25) is 5.91 Å². The second-order valence-corrected chi connectivity index (χ2v) is 6.03. The molecule has 110 valence electrons. The summed E-state index contributed by atoms with van der Waals surface area (Å²) in [4.78, 5) is 16.3. The van der Waals surface area contributed by atoms with Crippen LogP contribution in [0.4, 0.5) is 4.39 Å². The number of rotatable bonds is 3. The molecule has 1 amide bonds. The monoisotopic (exact) mass is 332 g/mol. The SMILES string of the molecule is NC(=O)c1cccc(F)c1-c1cnc(-c2ccc(Cl)cc2)s1. The third-order valence-corrected chi connectivity index (χ3v) is 4.44. The first kappa shape index (κ1) is 14.7. The van der Waals surface area contributed by atoms with Crippen molar-refractivity contribution in [2.24, 2.45) is 5.73 Å². The maximum Gasteiger partial charge on any atom is 0.249 e. The number of hydrogen-bond acceptors (Lipinski definition) is 3. The predicted octanol–water partition coefficient (Wildman–Crippen LogP) is 4.37. The number of amides is 1. The van der Waals surface area contributed by atoms with E-state index in [0.717, 1.165) is 5.56 Å². The summed E-state index contributed by atoms with van der Waals surface area (Å²) in [7, 11) is 0. The smallest absolute Gasteiger partial charge is 0.249 e. The van der Waals surface area contributed by atoms with Gasteiger partial charge in [-0.3, -0.25) is 4.79 Å². The van der Waals surface area contributed by atoms with Crippen molar-refractivity contribution in [3.05, 3.63) is 65.1 Å². The maximum atomic E-state index is 14.1. The van der Waals surface area contributed by atoms with Crippen LogP contribution in [0.3, 0.4) is 0 Å². The van der Waals surface area contributed by atoms with Gasteiger partial charge in [0.15, 0.2) is 0 Å². The zero-order valence-electron chi connectivity index (χ0n) is 11.2. The minimum absolute atomic E-state index is 0.145. The Morgan fingerprint density at radius 1 is 1.18 bits per heavy atom. The van der Waals surface area contributed by atoms with Crippen LogP contribution in [0.5, 0.6) is 0 Å². The quantitative estimate of drug-likeness (QED) is 0.774. The molecule has 22 heavy (non-hydrogen) atoms. The number of benzene rings is 2. The van der Waals surface area contributed by atoms with Crippen LogP contribution in [0.15, 0.2) is 48.7 Å². The number of nitrogens with two attached hydrogens (primary N) is 1. The van der Waals surface area contributed by atoms with Crippen molar-refractivity contribution in [1.29, 1.82) is 0 Å². The summed E-state index contributed by atoms with van der Waals surface area (Å²) in [6.07, 6.45) is 1.54. The lowest BCUT2D eigenvalue weighted by atomic mass is 10.1. The summed E-state index contributed by atoms with van der Waals surface area (Å²) >= 11 is 7.15. The first-order valence-corrected chi connectivity index (χ1v) is 7.56. The molecular weight excluding hydrogens is 323 g/mol. The van der Waals surface area contributed by atoms with Crippen LogP contribution >= 0.6 is 22.9 Å². The molecular formula is C16H10ClFN2OS. The molecule has 1 heterocycles. The van der Waals surface area contributed by atoms with Gasteiger partial charge in [0.25, 0.3) is 0 Å². The molecule has 0 unspecified atom stereocenters. The summed E-state index contributed by atoms with van der Waals surface area (Å²) in [6, 6.07) is 11.4. The maximum absolute atomic E-state index is 14.1. The van der Waals surface area contributed by atoms with Crippen molar-refractivity contribution < 1.29 is 9.18 Å². The van der Waals surface area contributed by atoms with E-state index in [9.17, 15) is 9.18 Å². The Morgan fingerprint density at radius 3 is 2.59 bits per heavy atom. The Kier molecular flexibility index (Phi) is 3.92. The molecule has 3 nitrogen and oxygen atoms in total. The van der Waals surface area contributed by atoms with E-state index in [1.54, 1.807) is 18.3 Å². The molecule has 2 N–H and O–H groups in total. The van der Waals surface area contributed by atoms with Crippen molar-refractivity contribution in [3.8, 4) is 21.0 Å². The van der Waals surface area contributed by atoms with E-state index in [-0.39, 0.29) is 11.1 Å². The summed E-state index contributed by atoms with van der Waals surface area (Å²) in [6.45, 7) is 0. The molecule has 0 saturated heterocycles. The van der Waals surface area contributed by atoms with Crippen LogP contribution < -0.4 is 5.73 Å². The Hall–Kier alpha value is -2.24. The summed E-state index contributed by atoms with van der Waals surface area (Å²) in [5, 5.41) is 1.34. The van der Waals surface area contributed by atoms with Gasteiger partial charge >= 0.3 is 0 Å². The van der Waals surface area contributed by atoms with Crippen molar-refractivity contribution >= 4 is 28.8 Å². The predicted molar refractivity (Wildman–Crippen MR) is 86.5 cm³/mol. The van der Waals surface area contributed by atoms with Crippen molar-refractivity contribution in [2.75, 3.05) is 0 Å². The Morgan fingerprint density at radius 2 is 1.91 bits per heavy atom. The highest BCUT2D eigenvalue weighted by molar-refractivity contribution is 7.18. The molecule has 0 spiro atoms. The molecule has 0 aliphatic heterocycles.